The van der Waals surface area contributed by atoms with E-state index >= 15 is 0 Å². The van der Waals surface area contributed by atoms with Crippen LogP contribution in [-0.2, 0) is 5.75 Å². The first-order valence-corrected chi connectivity index (χ1v) is 6.51. The van der Waals surface area contributed by atoms with E-state index in [2.05, 4.69) is 40.1 Å². The molecule has 0 unspecified atom stereocenters. The number of thiol groups is 1. The minimum absolute atomic E-state index is 0.693. The van der Waals surface area contributed by atoms with Gasteiger partial charge in [0.2, 0.25) is 0 Å². The summed E-state index contributed by atoms with van der Waals surface area (Å²) in [6, 6.07) is 8.27. The van der Waals surface area contributed by atoms with E-state index in [1.54, 1.807) is 11.3 Å². The van der Waals surface area contributed by atoms with E-state index in [4.69, 9.17) is 0 Å². The average Bonchev–Trinajstić information content (AvgIpc) is 2.94. The summed E-state index contributed by atoms with van der Waals surface area (Å²) < 4.78 is 0. The molecule has 4 heteroatoms. The van der Waals surface area contributed by atoms with Gasteiger partial charge in [0.05, 0.1) is 5.69 Å². The second-order valence-corrected chi connectivity index (χ2v) is 4.72. The Hall–Kier alpha value is -1.26. The Labute approximate surface area is 103 Å². The molecule has 2 aromatic heterocycles. The van der Waals surface area contributed by atoms with Crippen molar-refractivity contribution >= 4 is 34.9 Å². The molecular weight excluding hydrogens is 236 g/mol. The smallest absolute Gasteiger partial charge is 0.125 e. The lowest BCUT2D eigenvalue weighted by atomic mass is 10.2. The highest BCUT2D eigenvalue weighted by molar-refractivity contribution is 7.79. The third-order valence-corrected chi connectivity index (χ3v) is 3.78. The summed E-state index contributed by atoms with van der Waals surface area (Å²) in [5.41, 5.74) is 3.36. The summed E-state index contributed by atoms with van der Waals surface area (Å²) >= 11 is 5.90. The van der Waals surface area contributed by atoms with Gasteiger partial charge in [-0.15, -0.1) is 11.3 Å². The molecule has 0 fully saturated rings. The Bertz CT molecular complexity index is 625. The first kappa shape index (κ1) is 9.93. The van der Waals surface area contributed by atoms with Gasteiger partial charge < -0.3 is 4.98 Å². The van der Waals surface area contributed by atoms with Crippen LogP contribution < -0.4 is 0 Å². The van der Waals surface area contributed by atoms with Crippen molar-refractivity contribution in [3.05, 3.63) is 41.5 Å². The summed E-state index contributed by atoms with van der Waals surface area (Å²) in [5, 5.41) is 4.34. The zero-order valence-corrected chi connectivity index (χ0v) is 10.2. The predicted molar refractivity (Wildman–Crippen MR) is 72.1 cm³/mol. The van der Waals surface area contributed by atoms with Crippen molar-refractivity contribution < 1.29 is 0 Å². The van der Waals surface area contributed by atoms with E-state index in [0.717, 1.165) is 16.2 Å². The SMILES string of the molecule is SCc1csc(-c2c[nH]c3ccccc23)n1. The second-order valence-electron chi connectivity index (χ2n) is 3.55. The molecular formula is C12H10N2S2. The lowest BCUT2D eigenvalue weighted by Gasteiger charge is -1.92. The minimum atomic E-state index is 0.693. The maximum atomic E-state index is 4.54. The van der Waals surface area contributed by atoms with Gasteiger partial charge in [0.1, 0.15) is 5.01 Å². The van der Waals surface area contributed by atoms with Gasteiger partial charge in [-0.1, -0.05) is 18.2 Å². The molecule has 16 heavy (non-hydrogen) atoms. The second kappa shape index (κ2) is 3.96. The normalized spacial score (nSPS) is 11.1. The van der Waals surface area contributed by atoms with Crippen molar-refractivity contribution in [1.29, 1.82) is 0 Å². The maximum Gasteiger partial charge on any atom is 0.125 e. The van der Waals surface area contributed by atoms with Crippen LogP contribution in [0.15, 0.2) is 35.8 Å². The number of hydrogen-bond acceptors (Lipinski definition) is 3. The van der Waals surface area contributed by atoms with Crippen molar-refractivity contribution in [2.24, 2.45) is 0 Å². The van der Waals surface area contributed by atoms with Crippen LogP contribution in [-0.4, -0.2) is 9.97 Å². The fourth-order valence-corrected chi connectivity index (χ4v) is 2.89. The number of aromatic amines is 1. The molecule has 0 saturated carbocycles. The molecule has 0 radical (unpaired) electrons. The zero-order valence-electron chi connectivity index (χ0n) is 8.47. The molecule has 2 heterocycles. The topological polar surface area (TPSA) is 28.7 Å². The van der Waals surface area contributed by atoms with E-state index in [-0.39, 0.29) is 0 Å². The standard InChI is InChI=1S/C12H10N2S2/c15-6-8-7-16-12(14-8)10-5-13-11-4-2-1-3-9(10)11/h1-5,7,13,15H,6H2. The molecule has 0 bridgehead atoms. The van der Waals surface area contributed by atoms with E-state index in [9.17, 15) is 0 Å². The fraction of sp³-hybridized carbons (Fsp3) is 0.0833. The fourth-order valence-electron chi connectivity index (χ4n) is 1.75. The van der Waals surface area contributed by atoms with Crippen LogP contribution in [0.1, 0.15) is 5.69 Å². The molecule has 3 aromatic rings. The van der Waals surface area contributed by atoms with Gasteiger partial charge in [0.25, 0.3) is 0 Å². The van der Waals surface area contributed by atoms with Gasteiger partial charge in [0, 0.05) is 33.8 Å². The molecule has 0 atom stereocenters. The largest absolute Gasteiger partial charge is 0.360 e. The number of nitrogens with zero attached hydrogens (tertiary/aromatic N) is 1. The first-order chi connectivity index (χ1) is 7.88. The van der Waals surface area contributed by atoms with Crippen molar-refractivity contribution in [2.75, 3.05) is 0 Å². The molecule has 0 amide bonds. The van der Waals surface area contributed by atoms with Gasteiger partial charge in [-0.25, -0.2) is 4.98 Å². The molecule has 0 saturated heterocycles. The number of benzene rings is 1. The van der Waals surface area contributed by atoms with E-state index < -0.39 is 0 Å². The van der Waals surface area contributed by atoms with E-state index in [0.29, 0.717) is 5.75 Å². The molecule has 0 aliphatic heterocycles. The summed E-state index contributed by atoms with van der Waals surface area (Å²) in [4.78, 5) is 7.80. The quantitative estimate of drug-likeness (QED) is 0.663. The van der Waals surface area contributed by atoms with Crippen LogP contribution in [0.4, 0.5) is 0 Å². The van der Waals surface area contributed by atoms with Crippen LogP contribution >= 0.6 is 24.0 Å². The lowest BCUT2D eigenvalue weighted by molar-refractivity contribution is 1.24. The van der Waals surface area contributed by atoms with Crippen LogP contribution in [0.5, 0.6) is 0 Å². The summed E-state index contributed by atoms with van der Waals surface area (Å²) in [5.74, 6) is 0.693. The number of thiazole rings is 1. The molecule has 1 N–H and O–H groups in total. The molecule has 3 rings (SSSR count). The summed E-state index contributed by atoms with van der Waals surface area (Å²) in [6.07, 6.45) is 2.02. The number of fused-ring (bicyclic) bond motifs is 1. The third kappa shape index (κ3) is 1.54. The monoisotopic (exact) mass is 246 g/mol. The average molecular weight is 246 g/mol. The Morgan fingerprint density at radius 3 is 3.00 bits per heavy atom. The van der Waals surface area contributed by atoms with Gasteiger partial charge >= 0.3 is 0 Å². The highest BCUT2D eigenvalue weighted by atomic mass is 32.1. The Morgan fingerprint density at radius 1 is 1.31 bits per heavy atom. The Morgan fingerprint density at radius 2 is 2.19 bits per heavy atom. The van der Waals surface area contributed by atoms with E-state index in [1.807, 2.05) is 18.3 Å². The molecule has 0 aliphatic carbocycles. The lowest BCUT2D eigenvalue weighted by Crippen LogP contribution is -1.77. The summed E-state index contributed by atoms with van der Waals surface area (Å²) in [6.45, 7) is 0. The predicted octanol–water partition coefficient (Wildman–Crippen LogP) is 3.72. The summed E-state index contributed by atoms with van der Waals surface area (Å²) in [7, 11) is 0. The van der Waals surface area contributed by atoms with Crippen molar-refractivity contribution in [3.8, 4) is 10.6 Å². The molecule has 0 aliphatic rings. The van der Waals surface area contributed by atoms with E-state index in [1.165, 1.54) is 10.9 Å². The zero-order chi connectivity index (χ0) is 11.0. The number of aromatic nitrogens is 2. The van der Waals surface area contributed by atoms with Crippen LogP contribution in [0, 0.1) is 0 Å². The van der Waals surface area contributed by atoms with Gasteiger partial charge in [0.15, 0.2) is 0 Å². The Kier molecular flexibility index (Phi) is 2.46. The Balaban J connectivity index is 2.18. The van der Waals surface area contributed by atoms with Crippen molar-refractivity contribution in [1.82, 2.24) is 9.97 Å². The van der Waals surface area contributed by atoms with Gasteiger partial charge in [-0.3, -0.25) is 0 Å². The van der Waals surface area contributed by atoms with Gasteiger partial charge in [-0.2, -0.15) is 12.6 Å². The van der Waals surface area contributed by atoms with Crippen LogP contribution in [0.3, 0.4) is 0 Å². The van der Waals surface area contributed by atoms with Crippen LogP contribution in [0.2, 0.25) is 0 Å². The number of para-hydroxylation sites is 1. The van der Waals surface area contributed by atoms with Crippen molar-refractivity contribution in [3.63, 3.8) is 0 Å². The maximum absolute atomic E-state index is 4.54. The number of hydrogen-bond donors (Lipinski definition) is 2. The number of H-pyrrole nitrogens is 1. The third-order valence-electron chi connectivity index (χ3n) is 2.53. The van der Waals surface area contributed by atoms with Crippen molar-refractivity contribution in [2.45, 2.75) is 5.75 Å². The highest BCUT2D eigenvalue weighted by Gasteiger charge is 2.08. The highest BCUT2D eigenvalue weighted by Crippen LogP contribution is 2.30. The number of nitrogens with one attached hydrogen (secondary N) is 1. The van der Waals surface area contributed by atoms with Gasteiger partial charge in [-0.05, 0) is 6.07 Å². The first-order valence-electron chi connectivity index (χ1n) is 5.00. The number of rotatable bonds is 2. The molecule has 80 valence electrons. The molecule has 1 aromatic carbocycles. The minimum Gasteiger partial charge on any atom is -0.360 e. The molecule has 0 spiro atoms. The molecule has 2 nitrogen and oxygen atoms in total. The van der Waals surface area contributed by atoms with Crippen LogP contribution in [0.25, 0.3) is 21.5 Å².